The molecule has 1 aliphatic heterocycles. The summed E-state index contributed by atoms with van der Waals surface area (Å²) in [5, 5.41) is 3.94. The van der Waals surface area contributed by atoms with Crippen molar-refractivity contribution in [1.29, 1.82) is 0 Å². The first kappa shape index (κ1) is 16.3. The van der Waals surface area contributed by atoms with Crippen LogP contribution in [0.25, 0.3) is 11.3 Å². The number of amides is 1. The largest absolute Gasteiger partial charge is 0.355 e. The van der Waals surface area contributed by atoms with Gasteiger partial charge in [0.2, 0.25) is 0 Å². The smallest absolute Gasteiger partial charge is 0.276 e. The molecule has 3 aromatic rings. The molecule has 3 heterocycles. The molecule has 0 unspecified atom stereocenters. The fraction of sp³-hybridized carbons (Fsp3) is 0.250. The maximum absolute atomic E-state index is 12.9. The minimum atomic E-state index is -0.143. The van der Waals surface area contributed by atoms with Crippen molar-refractivity contribution in [3.63, 3.8) is 0 Å². The van der Waals surface area contributed by atoms with Gasteiger partial charge in [0, 0.05) is 37.5 Å². The zero-order chi connectivity index (χ0) is 18.1. The number of nitrogens with zero attached hydrogens (tertiary/aromatic N) is 3. The molecule has 0 radical (unpaired) electrons. The monoisotopic (exact) mass is 349 g/mol. The van der Waals surface area contributed by atoms with Gasteiger partial charge in [-0.25, -0.2) is 0 Å². The Bertz CT molecular complexity index is 991. The van der Waals surface area contributed by atoms with Crippen LogP contribution in [-0.2, 0) is 7.05 Å². The van der Waals surface area contributed by atoms with Gasteiger partial charge in [0.05, 0.1) is 6.04 Å². The second-order valence-electron chi connectivity index (χ2n) is 6.51. The van der Waals surface area contributed by atoms with Gasteiger partial charge in [-0.2, -0.15) is 0 Å². The number of hydrogen-bond acceptors (Lipinski definition) is 4. The van der Waals surface area contributed by atoms with E-state index in [4.69, 9.17) is 4.52 Å². The molecular weight excluding hydrogens is 330 g/mol. The summed E-state index contributed by atoms with van der Waals surface area (Å²) in [6.07, 6.45) is 3.56. The van der Waals surface area contributed by atoms with E-state index in [-0.39, 0.29) is 23.2 Å². The normalized spacial score (nSPS) is 16.8. The number of likely N-dealkylation sites (tertiary alicyclic amines) is 1. The molecule has 26 heavy (non-hydrogen) atoms. The Morgan fingerprint density at radius 1 is 1.19 bits per heavy atom. The van der Waals surface area contributed by atoms with Gasteiger partial charge in [0.25, 0.3) is 11.5 Å². The number of pyridine rings is 1. The van der Waals surface area contributed by atoms with Gasteiger partial charge in [0.1, 0.15) is 0 Å². The topological polar surface area (TPSA) is 68.3 Å². The van der Waals surface area contributed by atoms with Crippen molar-refractivity contribution in [2.75, 3.05) is 6.54 Å². The summed E-state index contributed by atoms with van der Waals surface area (Å²) >= 11 is 0. The molecule has 6 nitrogen and oxygen atoms in total. The highest BCUT2D eigenvalue weighted by Crippen LogP contribution is 2.33. The Balaban J connectivity index is 1.60. The second kappa shape index (κ2) is 6.63. The highest BCUT2D eigenvalue weighted by Gasteiger charge is 2.32. The molecule has 1 aromatic carbocycles. The van der Waals surface area contributed by atoms with Gasteiger partial charge in [-0.05, 0) is 24.5 Å². The van der Waals surface area contributed by atoms with Crippen LogP contribution in [0.2, 0.25) is 0 Å². The number of aryl methyl sites for hydroxylation is 1. The van der Waals surface area contributed by atoms with Crippen LogP contribution >= 0.6 is 0 Å². The number of benzene rings is 1. The number of carbonyl (C=O) groups excluding carboxylic acids is 1. The van der Waals surface area contributed by atoms with Crippen molar-refractivity contribution < 1.29 is 9.32 Å². The third-order valence-corrected chi connectivity index (χ3v) is 4.82. The van der Waals surface area contributed by atoms with Gasteiger partial charge in [0.15, 0.2) is 11.5 Å². The lowest BCUT2D eigenvalue weighted by Gasteiger charge is -2.24. The van der Waals surface area contributed by atoms with Crippen molar-refractivity contribution in [3.05, 3.63) is 76.3 Å². The molecule has 132 valence electrons. The number of hydrogen-bond donors (Lipinski definition) is 0. The van der Waals surface area contributed by atoms with E-state index in [2.05, 4.69) is 5.16 Å². The SMILES string of the molecule is Cn1ccc(-c2cc(C(=O)N3CCC[C@H]3c3ccccc3)no2)cc1=O. The van der Waals surface area contributed by atoms with Crippen LogP contribution in [0.3, 0.4) is 0 Å². The standard InChI is InChI=1S/C20H19N3O3/c1-22-11-9-15(12-19(22)24)18-13-16(21-26-18)20(25)23-10-5-8-17(23)14-6-3-2-4-7-14/h2-4,6-7,9,11-13,17H,5,8,10H2,1H3/t17-/m0/s1. The first-order chi connectivity index (χ1) is 12.6. The van der Waals surface area contributed by atoms with E-state index < -0.39 is 0 Å². The molecule has 1 saturated heterocycles. The number of rotatable bonds is 3. The highest BCUT2D eigenvalue weighted by atomic mass is 16.5. The minimum Gasteiger partial charge on any atom is -0.355 e. The molecule has 2 aromatic heterocycles. The average molecular weight is 349 g/mol. The molecule has 1 fully saturated rings. The predicted molar refractivity (Wildman–Crippen MR) is 96.6 cm³/mol. The molecule has 1 amide bonds. The molecule has 0 saturated carbocycles. The van der Waals surface area contributed by atoms with Crippen LogP contribution in [0.5, 0.6) is 0 Å². The Hall–Kier alpha value is -3.15. The second-order valence-corrected chi connectivity index (χ2v) is 6.51. The lowest BCUT2D eigenvalue weighted by Crippen LogP contribution is -2.30. The summed E-state index contributed by atoms with van der Waals surface area (Å²) in [4.78, 5) is 26.6. The summed E-state index contributed by atoms with van der Waals surface area (Å²) in [6, 6.07) is 14.9. The van der Waals surface area contributed by atoms with E-state index in [1.165, 1.54) is 10.6 Å². The Morgan fingerprint density at radius 2 is 2.00 bits per heavy atom. The van der Waals surface area contributed by atoms with Crippen molar-refractivity contribution in [3.8, 4) is 11.3 Å². The highest BCUT2D eigenvalue weighted by molar-refractivity contribution is 5.93. The van der Waals surface area contributed by atoms with Crippen LogP contribution in [-0.4, -0.2) is 27.1 Å². The Labute approximate surface area is 150 Å². The quantitative estimate of drug-likeness (QED) is 0.729. The van der Waals surface area contributed by atoms with Crippen molar-refractivity contribution in [2.24, 2.45) is 7.05 Å². The van der Waals surface area contributed by atoms with Crippen molar-refractivity contribution >= 4 is 5.91 Å². The van der Waals surface area contributed by atoms with Crippen LogP contribution in [0, 0.1) is 0 Å². The minimum absolute atomic E-state index is 0.0628. The van der Waals surface area contributed by atoms with Crippen LogP contribution in [0.4, 0.5) is 0 Å². The van der Waals surface area contributed by atoms with Gasteiger partial charge >= 0.3 is 0 Å². The zero-order valence-electron chi connectivity index (χ0n) is 14.5. The van der Waals surface area contributed by atoms with Gasteiger partial charge in [-0.15, -0.1) is 0 Å². The van der Waals surface area contributed by atoms with E-state index in [9.17, 15) is 9.59 Å². The van der Waals surface area contributed by atoms with E-state index in [0.29, 0.717) is 17.9 Å². The van der Waals surface area contributed by atoms with Crippen LogP contribution in [0.15, 0.2) is 64.0 Å². The Kier molecular flexibility index (Phi) is 4.16. The summed E-state index contributed by atoms with van der Waals surface area (Å²) in [6.45, 7) is 0.701. The van der Waals surface area contributed by atoms with Crippen LogP contribution in [0.1, 0.15) is 34.9 Å². The zero-order valence-corrected chi connectivity index (χ0v) is 14.5. The predicted octanol–water partition coefficient (Wildman–Crippen LogP) is 3.02. The molecule has 1 aliphatic rings. The summed E-state index contributed by atoms with van der Waals surface area (Å²) in [5.74, 6) is 0.275. The van der Waals surface area contributed by atoms with E-state index in [1.54, 1.807) is 25.4 Å². The maximum atomic E-state index is 12.9. The molecule has 1 atom stereocenters. The molecule has 4 rings (SSSR count). The van der Waals surface area contributed by atoms with Crippen molar-refractivity contribution in [1.82, 2.24) is 14.6 Å². The molecule has 6 heteroatoms. The lowest BCUT2D eigenvalue weighted by molar-refractivity contribution is 0.0725. The number of carbonyl (C=O) groups is 1. The maximum Gasteiger partial charge on any atom is 0.276 e. The molecular formula is C20H19N3O3. The summed E-state index contributed by atoms with van der Waals surface area (Å²) < 4.78 is 6.79. The third-order valence-electron chi connectivity index (χ3n) is 4.82. The molecule has 0 N–H and O–H groups in total. The molecule has 0 aliphatic carbocycles. The third kappa shape index (κ3) is 2.94. The summed E-state index contributed by atoms with van der Waals surface area (Å²) in [5.41, 5.74) is 1.87. The van der Waals surface area contributed by atoms with E-state index in [1.807, 2.05) is 35.2 Å². The van der Waals surface area contributed by atoms with Crippen LogP contribution < -0.4 is 5.56 Å². The van der Waals surface area contributed by atoms with Crippen molar-refractivity contribution in [2.45, 2.75) is 18.9 Å². The molecule has 0 bridgehead atoms. The van der Waals surface area contributed by atoms with Gasteiger partial charge in [-0.1, -0.05) is 35.5 Å². The van der Waals surface area contributed by atoms with Gasteiger partial charge in [-0.3, -0.25) is 9.59 Å². The van der Waals surface area contributed by atoms with Gasteiger partial charge < -0.3 is 14.0 Å². The first-order valence-electron chi connectivity index (χ1n) is 8.63. The fourth-order valence-corrected chi connectivity index (χ4v) is 3.39. The average Bonchev–Trinajstić information content (AvgIpc) is 3.34. The Morgan fingerprint density at radius 3 is 2.77 bits per heavy atom. The molecule has 0 spiro atoms. The van der Waals surface area contributed by atoms with E-state index in [0.717, 1.165) is 18.4 Å². The summed E-state index contributed by atoms with van der Waals surface area (Å²) in [7, 11) is 1.68. The first-order valence-corrected chi connectivity index (χ1v) is 8.63. The number of aromatic nitrogens is 2. The lowest BCUT2D eigenvalue weighted by atomic mass is 10.0. The fourth-order valence-electron chi connectivity index (χ4n) is 3.39. The van der Waals surface area contributed by atoms with E-state index >= 15 is 0 Å².